The van der Waals surface area contributed by atoms with Crippen LogP contribution in [0.25, 0.3) is 0 Å². The molecule has 1 heterocycles. The van der Waals surface area contributed by atoms with E-state index in [0.29, 0.717) is 5.75 Å². The van der Waals surface area contributed by atoms with Crippen molar-refractivity contribution in [2.24, 2.45) is 0 Å². The SMILES string of the molecule is CCN1CCN(C(=O)CSCc2ccccc2)CC1. The summed E-state index contributed by atoms with van der Waals surface area (Å²) in [6, 6.07) is 10.3. The van der Waals surface area contributed by atoms with Crippen molar-refractivity contribution in [2.45, 2.75) is 12.7 Å². The maximum atomic E-state index is 12.1. The molecule has 0 unspecified atom stereocenters. The minimum absolute atomic E-state index is 0.289. The van der Waals surface area contributed by atoms with Gasteiger partial charge in [-0.15, -0.1) is 11.8 Å². The summed E-state index contributed by atoms with van der Waals surface area (Å²) in [4.78, 5) is 16.5. The average molecular weight is 278 g/mol. The van der Waals surface area contributed by atoms with Crippen molar-refractivity contribution in [2.75, 3.05) is 38.5 Å². The average Bonchev–Trinajstić information content (AvgIpc) is 2.48. The van der Waals surface area contributed by atoms with Crippen LogP contribution in [0, 0.1) is 0 Å². The quantitative estimate of drug-likeness (QED) is 0.824. The van der Waals surface area contributed by atoms with E-state index in [4.69, 9.17) is 0 Å². The van der Waals surface area contributed by atoms with Crippen molar-refractivity contribution >= 4 is 17.7 Å². The predicted octanol–water partition coefficient (Wildman–Crippen LogP) is 2.08. The Hall–Kier alpha value is -1.00. The first kappa shape index (κ1) is 14.4. The summed E-state index contributed by atoms with van der Waals surface area (Å²) < 4.78 is 0. The summed E-state index contributed by atoms with van der Waals surface area (Å²) in [5.41, 5.74) is 1.29. The zero-order chi connectivity index (χ0) is 13.5. The summed E-state index contributed by atoms with van der Waals surface area (Å²) in [7, 11) is 0. The minimum atomic E-state index is 0.289. The third-order valence-electron chi connectivity index (χ3n) is 3.51. The number of thioether (sulfide) groups is 1. The lowest BCUT2D eigenvalue weighted by molar-refractivity contribution is -0.130. The highest BCUT2D eigenvalue weighted by Gasteiger charge is 2.19. The van der Waals surface area contributed by atoms with Gasteiger partial charge in [-0.3, -0.25) is 4.79 Å². The lowest BCUT2D eigenvalue weighted by atomic mass is 10.2. The monoisotopic (exact) mass is 278 g/mol. The molecular formula is C15H22N2OS. The number of piperazine rings is 1. The Bertz CT molecular complexity index is 388. The molecule has 2 rings (SSSR count). The highest BCUT2D eigenvalue weighted by Crippen LogP contribution is 2.13. The van der Waals surface area contributed by atoms with Crippen LogP contribution in [0.4, 0.5) is 0 Å². The Labute approximate surface area is 120 Å². The molecule has 1 aromatic carbocycles. The van der Waals surface area contributed by atoms with Gasteiger partial charge >= 0.3 is 0 Å². The van der Waals surface area contributed by atoms with E-state index in [-0.39, 0.29) is 5.91 Å². The van der Waals surface area contributed by atoms with Crippen LogP contribution in [0.1, 0.15) is 12.5 Å². The van der Waals surface area contributed by atoms with Crippen LogP contribution in [-0.4, -0.2) is 54.2 Å². The van der Waals surface area contributed by atoms with Gasteiger partial charge in [0.1, 0.15) is 0 Å². The van der Waals surface area contributed by atoms with E-state index >= 15 is 0 Å². The van der Waals surface area contributed by atoms with Crippen LogP contribution in [0.5, 0.6) is 0 Å². The molecule has 0 N–H and O–H groups in total. The van der Waals surface area contributed by atoms with Crippen LogP contribution in [0.15, 0.2) is 30.3 Å². The molecular weight excluding hydrogens is 256 g/mol. The van der Waals surface area contributed by atoms with E-state index < -0.39 is 0 Å². The second kappa shape index (κ2) is 7.56. The molecule has 0 aliphatic carbocycles. The topological polar surface area (TPSA) is 23.6 Å². The zero-order valence-electron chi connectivity index (χ0n) is 11.5. The molecule has 1 amide bonds. The molecule has 0 radical (unpaired) electrons. The summed E-state index contributed by atoms with van der Waals surface area (Å²) >= 11 is 1.71. The van der Waals surface area contributed by atoms with Gasteiger partial charge in [0.15, 0.2) is 0 Å². The highest BCUT2D eigenvalue weighted by atomic mass is 32.2. The Kier molecular flexibility index (Phi) is 5.73. The first-order valence-corrected chi connectivity index (χ1v) is 8.07. The fraction of sp³-hybridized carbons (Fsp3) is 0.533. The normalized spacial score (nSPS) is 16.6. The van der Waals surface area contributed by atoms with Crippen molar-refractivity contribution in [3.63, 3.8) is 0 Å². The summed E-state index contributed by atoms with van der Waals surface area (Å²) in [6.07, 6.45) is 0. The number of benzene rings is 1. The Morgan fingerprint density at radius 2 is 1.84 bits per heavy atom. The number of amides is 1. The van der Waals surface area contributed by atoms with Crippen molar-refractivity contribution in [1.29, 1.82) is 0 Å². The Balaban J connectivity index is 1.67. The van der Waals surface area contributed by atoms with Crippen molar-refractivity contribution in [1.82, 2.24) is 9.80 Å². The van der Waals surface area contributed by atoms with Gasteiger partial charge in [-0.25, -0.2) is 0 Å². The first-order valence-electron chi connectivity index (χ1n) is 6.91. The van der Waals surface area contributed by atoms with E-state index in [1.54, 1.807) is 11.8 Å². The number of likely N-dealkylation sites (N-methyl/N-ethyl adjacent to an activating group) is 1. The summed E-state index contributed by atoms with van der Waals surface area (Å²) in [6.45, 7) is 7.08. The van der Waals surface area contributed by atoms with Crippen LogP contribution in [-0.2, 0) is 10.5 Å². The van der Waals surface area contributed by atoms with Gasteiger partial charge in [0.05, 0.1) is 5.75 Å². The van der Waals surface area contributed by atoms with Crippen LogP contribution < -0.4 is 0 Å². The van der Waals surface area contributed by atoms with Gasteiger partial charge < -0.3 is 9.80 Å². The molecule has 0 spiro atoms. The van der Waals surface area contributed by atoms with E-state index in [0.717, 1.165) is 38.5 Å². The van der Waals surface area contributed by atoms with Crippen molar-refractivity contribution < 1.29 is 4.79 Å². The fourth-order valence-corrected chi connectivity index (χ4v) is 3.12. The Morgan fingerprint density at radius 3 is 2.47 bits per heavy atom. The fourth-order valence-electron chi connectivity index (χ4n) is 2.24. The molecule has 4 heteroatoms. The summed E-state index contributed by atoms with van der Waals surface area (Å²) in [5, 5.41) is 0. The van der Waals surface area contributed by atoms with Gasteiger partial charge in [0, 0.05) is 31.9 Å². The van der Waals surface area contributed by atoms with Gasteiger partial charge in [-0.1, -0.05) is 37.3 Å². The van der Waals surface area contributed by atoms with Gasteiger partial charge in [0.25, 0.3) is 0 Å². The maximum absolute atomic E-state index is 12.1. The molecule has 1 aromatic rings. The molecule has 1 aliphatic heterocycles. The van der Waals surface area contributed by atoms with Crippen molar-refractivity contribution in [3.8, 4) is 0 Å². The van der Waals surface area contributed by atoms with Gasteiger partial charge in [0.2, 0.25) is 5.91 Å². The largest absolute Gasteiger partial charge is 0.339 e. The summed E-state index contributed by atoms with van der Waals surface area (Å²) in [5.74, 6) is 1.80. The maximum Gasteiger partial charge on any atom is 0.232 e. The van der Waals surface area contributed by atoms with Crippen molar-refractivity contribution in [3.05, 3.63) is 35.9 Å². The van der Waals surface area contributed by atoms with E-state index in [1.165, 1.54) is 5.56 Å². The number of nitrogens with zero attached hydrogens (tertiary/aromatic N) is 2. The molecule has 1 aliphatic rings. The molecule has 1 fully saturated rings. The Morgan fingerprint density at radius 1 is 1.16 bits per heavy atom. The molecule has 3 nitrogen and oxygen atoms in total. The molecule has 104 valence electrons. The molecule has 0 aromatic heterocycles. The number of rotatable bonds is 5. The van der Waals surface area contributed by atoms with Gasteiger partial charge in [-0.05, 0) is 12.1 Å². The first-order chi connectivity index (χ1) is 9.29. The van der Waals surface area contributed by atoms with Crippen LogP contribution in [0.2, 0.25) is 0 Å². The number of hydrogen-bond donors (Lipinski definition) is 0. The molecule has 0 atom stereocenters. The second-order valence-corrected chi connectivity index (χ2v) is 5.78. The molecule has 0 bridgehead atoms. The van der Waals surface area contributed by atoms with E-state index in [9.17, 15) is 4.79 Å². The predicted molar refractivity (Wildman–Crippen MR) is 81.3 cm³/mol. The number of carbonyl (C=O) groups excluding carboxylic acids is 1. The third kappa shape index (κ3) is 4.55. The molecule has 0 saturated carbocycles. The van der Waals surface area contributed by atoms with E-state index in [2.05, 4.69) is 24.0 Å². The lowest BCUT2D eigenvalue weighted by Gasteiger charge is -2.34. The zero-order valence-corrected chi connectivity index (χ0v) is 12.4. The number of carbonyl (C=O) groups is 1. The second-order valence-electron chi connectivity index (χ2n) is 4.79. The number of hydrogen-bond acceptors (Lipinski definition) is 3. The smallest absolute Gasteiger partial charge is 0.232 e. The minimum Gasteiger partial charge on any atom is -0.339 e. The van der Waals surface area contributed by atoms with Gasteiger partial charge in [-0.2, -0.15) is 0 Å². The van der Waals surface area contributed by atoms with Crippen LogP contribution >= 0.6 is 11.8 Å². The third-order valence-corrected chi connectivity index (χ3v) is 4.50. The molecule has 1 saturated heterocycles. The van der Waals surface area contributed by atoms with E-state index in [1.807, 2.05) is 23.1 Å². The standard InChI is InChI=1S/C15H22N2OS/c1-2-16-8-10-17(11-9-16)15(18)13-19-12-14-6-4-3-5-7-14/h3-7H,2,8-13H2,1H3. The highest BCUT2D eigenvalue weighted by molar-refractivity contribution is 7.99. The molecule has 19 heavy (non-hydrogen) atoms. The lowest BCUT2D eigenvalue weighted by Crippen LogP contribution is -2.49. The van der Waals surface area contributed by atoms with Crippen LogP contribution in [0.3, 0.4) is 0 Å².